The molecular weight excluding hydrogens is 252 g/mol. The Kier molecular flexibility index (Phi) is 5.76. The second-order valence-corrected chi connectivity index (χ2v) is 5.18. The third-order valence-electron chi connectivity index (χ3n) is 2.29. The first-order valence-electron chi connectivity index (χ1n) is 5.96. The van der Waals surface area contributed by atoms with Gasteiger partial charge in [-0.25, -0.2) is 0 Å². The Morgan fingerprint density at radius 3 is 2.44 bits per heavy atom. The van der Waals surface area contributed by atoms with E-state index >= 15 is 0 Å². The van der Waals surface area contributed by atoms with Crippen LogP contribution in [-0.4, -0.2) is 25.9 Å². The van der Waals surface area contributed by atoms with Crippen LogP contribution in [0.5, 0.6) is 11.5 Å². The van der Waals surface area contributed by atoms with E-state index in [0.717, 1.165) is 17.1 Å². The van der Waals surface area contributed by atoms with Gasteiger partial charge in [0.05, 0.1) is 25.2 Å². The van der Waals surface area contributed by atoms with Gasteiger partial charge in [0.15, 0.2) is 0 Å². The van der Waals surface area contributed by atoms with Crippen molar-refractivity contribution in [3.05, 3.63) is 23.8 Å². The molecule has 1 aromatic rings. The molecule has 0 N–H and O–H groups in total. The second-order valence-electron chi connectivity index (χ2n) is 4.92. The lowest BCUT2D eigenvalue weighted by molar-refractivity contribution is -0.0163. The van der Waals surface area contributed by atoms with Crippen molar-refractivity contribution in [1.82, 2.24) is 0 Å². The molecule has 0 atom stereocenters. The van der Waals surface area contributed by atoms with E-state index in [4.69, 9.17) is 25.8 Å². The van der Waals surface area contributed by atoms with E-state index in [1.165, 1.54) is 0 Å². The Morgan fingerprint density at radius 1 is 1.17 bits per heavy atom. The molecule has 1 aromatic carbocycles. The standard InChI is InChI=1S/C14H21ClO3/c1-14(2,3)18-8-7-17-13-9-12(16-4)6-5-11(13)10-15/h5-6,9H,7-8,10H2,1-4H3. The molecule has 0 bridgehead atoms. The van der Waals surface area contributed by atoms with Crippen molar-refractivity contribution < 1.29 is 14.2 Å². The van der Waals surface area contributed by atoms with Gasteiger partial charge in [0.1, 0.15) is 18.1 Å². The number of halogens is 1. The molecule has 0 aliphatic rings. The fraction of sp³-hybridized carbons (Fsp3) is 0.571. The van der Waals surface area contributed by atoms with Gasteiger partial charge in [-0.2, -0.15) is 0 Å². The van der Waals surface area contributed by atoms with E-state index in [2.05, 4.69) is 0 Å². The van der Waals surface area contributed by atoms with E-state index in [9.17, 15) is 0 Å². The molecule has 0 aliphatic carbocycles. The van der Waals surface area contributed by atoms with Gasteiger partial charge in [-0.1, -0.05) is 6.07 Å². The first-order valence-corrected chi connectivity index (χ1v) is 6.49. The summed E-state index contributed by atoms with van der Waals surface area (Å²) in [5.74, 6) is 1.93. The molecule has 0 saturated carbocycles. The summed E-state index contributed by atoms with van der Waals surface area (Å²) in [6.45, 7) is 7.09. The van der Waals surface area contributed by atoms with Crippen LogP contribution in [0.25, 0.3) is 0 Å². The summed E-state index contributed by atoms with van der Waals surface area (Å²) < 4.78 is 16.4. The number of hydrogen-bond acceptors (Lipinski definition) is 3. The van der Waals surface area contributed by atoms with E-state index in [0.29, 0.717) is 19.1 Å². The summed E-state index contributed by atoms with van der Waals surface area (Å²) >= 11 is 5.86. The Bertz CT molecular complexity index is 372. The normalized spacial score (nSPS) is 11.4. The molecule has 0 aromatic heterocycles. The molecular formula is C14H21ClO3. The molecule has 0 spiro atoms. The lowest BCUT2D eigenvalue weighted by Gasteiger charge is -2.20. The lowest BCUT2D eigenvalue weighted by Crippen LogP contribution is -2.22. The molecule has 0 unspecified atom stereocenters. The van der Waals surface area contributed by atoms with Crippen LogP contribution >= 0.6 is 11.6 Å². The summed E-state index contributed by atoms with van der Waals surface area (Å²) in [5, 5.41) is 0. The van der Waals surface area contributed by atoms with Crippen LogP contribution < -0.4 is 9.47 Å². The van der Waals surface area contributed by atoms with Crippen LogP contribution in [-0.2, 0) is 10.6 Å². The number of hydrogen-bond donors (Lipinski definition) is 0. The fourth-order valence-electron chi connectivity index (χ4n) is 1.41. The van der Waals surface area contributed by atoms with Crippen LogP contribution in [0.3, 0.4) is 0 Å². The molecule has 0 radical (unpaired) electrons. The molecule has 1 rings (SSSR count). The average Bonchev–Trinajstić information content (AvgIpc) is 2.33. The zero-order valence-corrected chi connectivity index (χ0v) is 12.2. The van der Waals surface area contributed by atoms with Crippen molar-refractivity contribution >= 4 is 11.6 Å². The van der Waals surface area contributed by atoms with Gasteiger partial charge in [-0.05, 0) is 26.8 Å². The van der Waals surface area contributed by atoms with Crippen molar-refractivity contribution in [2.45, 2.75) is 32.3 Å². The highest BCUT2D eigenvalue weighted by molar-refractivity contribution is 6.17. The quantitative estimate of drug-likeness (QED) is 0.585. The van der Waals surface area contributed by atoms with Crippen molar-refractivity contribution in [3.63, 3.8) is 0 Å². The Hall–Kier alpha value is -0.930. The third kappa shape index (κ3) is 5.15. The first kappa shape index (κ1) is 15.1. The van der Waals surface area contributed by atoms with Gasteiger partial charge < -0.3 is 14.2 Å². The van der Waals surface area contributed by atoms with Crippen molar-refractivity contribution in [1.29, 1.82) is 0 Å². The number of benzene rings is 1. The molecule has 0 fully saturated rings. The van der Waals surface area contributed by atoms with Crippen LogP contribution in [0.2, 0.25) is 0 Å². The van der Waals surface area contributed by atoms with Gasteiger partial charge in [-0.15, -0.1) is 11.6 Å². The van der Waals surface area contributed by atoms with E-state index in [-0.39, 0.29) is 5.60 Å². The largest absolute Gasteiger partial charge is 0.497 e. The topological polar surface area (TPSA) is 27.7 Å². The van der Waals surface area contributed by atoms with Crippen molar-refractivity contribution in [2.75, 3.05) is 20.3 Å². The van der Waals surface area contributed by atoms with E-state index in [1.807, 2.05) is 39.0 Å². The van der Waals surface area contributed by atoms with Gasteiger partial charge in [0, 0.05) is 11.6 Å². The minimum Gasteiger partial charge on any atom is -0.497 e. The zero-order valence-electron chi connectivity index (χ0n) is 11.5. The summed E-state index contributed by atoms with van der Waals surface area (Å²) in [5.41, 5.74) is 0.806. The summed E-state index contributed by atoms with van der Waals surface area (Å²) in [7, 11) is 1.63. The van der Waals surface area contributed by atoms with Crippen LogP contribution in [0.15, 0.2) is 18.2 Å². The molecule has 3 nitrogen and oxygen atoms in total. The maximum absolute atomic E-state index is 5.86. The fourth-order valence-corrected chi connectivity index (χ4v) is 1.63. The Balaban J connectivity index is 2.54. The van der Waals surface area contributed by atoms with Gasteiger partial charge in [0.2, 0.25) is 0 Å². The number of rotatable bonds is 6. The van der Waals surface area contributed by atoms with Gasteiger partial charge >= 0.3 is 0 Å². The summed E-state index contributed by atoms with van der Waals surface area (Å²) in [4.78, 5) is 0. The highest BCUT2D eigenvalue weighted by Crippen LogP contribution is 2.26. The number of alkyl halides is 1. The predicted molar refractivity (Wildman–Crippen MR) is 73.8 cm³/mol. The Labute approximate surface area is 114 Å². The second kappa shape index (κ2) is 6.86. The molecule has 0 aliphatic heterocycles. The predicted octanol–water partition coefficient (Wildman–Crippen LogP) is 3.63. The minimum absolute atomic E-state index is 0.146. The molecule has 0 amide bonds. The number of ether oxygens (including phenoxy) is 3. The highest BCUT2D eigenvalue weighted by Gasteiger charge is 2.10. The minimum atomic E-state index is -0.146. The maximum atomic E-state index is 5.86. The SMILES string of the molecule is COc1ccc(CCl)c(OCCOC(C)(C)C)c1. The van der Waals surface area contributed by atoms with Gasteiger partial charge in [0.25, 0.3) is 0 Å². The smallest absolute Gasteiger partial charge is 0.127 e. The molecule has 18 heavy (non-hydrogen) atoms. The maximum Gasteiger partial charge on any atom is 0.127 e. The van der Waals surface area contributed by atoms with E-state index < -0.39 is 0 Å². The van der Waals surface area contributed by atoms with Crippen LogP contribution in [0.4, 0.5) is 0 Å². The molecule has 4 heteroatoms. The van der Waals surface area contributed by atoms with Crippen LogP contribution in [0.1, 0.15) is 26.3 Å². The first-order chi connectivity index (χ1) is 8.46. The zero-order chi connectivity index (χ0) is 13.6. The van der Waals surface area contributed by atoms with Gasteiger partial charge in [-0.3, -0.25) is 0 Å². The van der Waals surface area contributed by atoms with Crippen LogP contribution in [0, 0.1) is 0 Å². The number of methoxy groups -OCH3 is 1. The molecule has 0 heterocycles. The summed E-state index contributed by atoms with van der Waals surface area (Å²) in [6, 6.07) is 5.62. The highest BCUT2D eigenvalue weighted by atomic mass is 35.5. The molecule has 102 valence electrons. The lowest BCUT2D eigenvalue weighted by atomic mass is 10.2. The van der Waals surface area contributed by atoms with Crippen molar-refractivity contribution in [2.24, 2.45) is 0 Å². The average molecular weight is 273 g/mol. The molecule has 0 saturated heterocycles. The van der Waals surface area contributed by atoms with E-state index in [1.54, 1.807) is 7.11 Å². The third-order valence-corrected chi connectivity index (χ3v) is 2.58. The van der Waals surface area contributed by atoms with Crippen molar-refractivity contribution in [3.8, 4) is 11.5 Å². The Morgan fingerprint density at radius 2 is 1.89 bits per heavy atom. The summed E-state index contributed by atoms with van der Waals surface area (Å²) in [6.07, 6.45) is 0. The monoisotopic (exact) mass is 272 g/mol.